The highest BCUT2D eigenvalue weighted by molar-refractivity contribution is 6.61. The van der Waals surface area contributed by atoms with Crippen LogP contribution in [0.2, 0.25) is 12.1 Å². The minimum absolute atomic E-state index is 0.688. The fraction of sp³-hybridized carbons (Fsp3) is 0.333. The zero-order chi connectivity index (χ0) is 13.4. The van der Waals surface area contributed by atoms with Crippen LogP contribution in [0.15, 0.2) is 42.0 Å². The van der Waals surface area contributed by atoms with Crippen LogP contribution in [0.3, 0.4) is 0 Å². The van der Waals surface area contributed by atoms with E-state index in [0.29, 0.717) is 0 Å². The third-order valence-corrected chi connectivity index (χ3v) is 8.65. The Bertz CT molecular complexity index is 635. The monoisotopic (exact) mass is 266 g/mol. The van der Waals surface area contributed by atoms with Crippen LogP contribution in [0.25, 0.3) is 16.8 Å². The number of allylic oxidation sites excluding steroid dienone is 1. The zero-order valence-corrected chi connectivity index (χ0v) is 13.3. The van der Waals surface area contributed by atoms with Gasteiger partial charge in [-0.25, -0.2) is 0 Å². The Morgan fingerprint density at radius 3 is 2.47 bits per heavy atom. The maximum absolute atomic E-state index is 2.45. The van der Waals surface area contributed by atoms with E-state index in [1.165, 1.54) is 28.4 Å². The topological polar surface area (TPSA) is 0 Å². The fourth-order valence-corrected chi connectivity index (χ4v) is 6.85. The molecule has 0 radical (unpaired) electrons. The van der Waals surface area contributed by atoms with Crippen LogP contribution in [0.4, 0.5) is 0 Å². The van der Waals surface area contributed by atoms with E-state index >= 15 is 0 Å². The summed E-state index contributed by atoms with van der Waals surface area (Å²) in [6.45, 7) is 7.10. The van der Waals surface area contributed by atoms with E-state index in [0.717, 1.165) is 5.54 Å². The molecular formula is C18H22Si. The molecule has 0 aliphatic heterocycles. The average Bonchev–Trinajstić information content (AvgIpc) is 2.78. The summed E-state index contributed by atoms with van der Waals surface area (Å²) in [6, 6.07) is 16.3. The molecule has 1 heteroatoms. The van der Waals surface area contributed by atoms with Gasteiger partial charge >= 0.3 is 0 Å². The summed E-state index contributed by atoms with van der Waals surface area (Å²) in [4.78, 5) is 0. The van der Waals surface area contributed by atoms with Crippen LogP contribution in [0.1, 0.15) is 37.4 Å². The Hall–Kier alpha value is -1.34. The van der Waals surface area contributed by atoms with Crippen molar-refractivity contribution in [1.82, 2.24) is 0 Å². The lowest BCUT2D eigenvalue weighted by atomic mass is 10.0. The summed E-state index contributed by atoms with van der Waals surface area (Å²) in [5.41, 5.74) is 5.48. The lowest BCUT2D eigenvalue weighted by molar-refractivity contribution is 1.06. The van der Waals surface area contributed by atoms with Crippen LogP contribution in [0, 0.1) is 0 Å². The predicted octanol–water partition coefficient (Wildman–Crippen LogP) is 5.15. The van der Waals surface area contributed by atoms with Gasteiger partial charge in [0.2, 0.25) is 0 Å². The predicted molar refractivity (Wildman–Crippen MR) is 88.5 cm³/mol. The van der Waals surface area contributed by atoms with Crippen molar-refractivity contribution in [3.63, 3.8) is 0 Å². The van der Waals surface area contributed by atoms with Crippen LogP contribution in [-0.2, 0) is 0 Å². The van der Waals surface area contributed by atoms with Gasteiger partial charge < -0.3 is 0 Å². The lowest BCUT2D eigenvalue weighted by Gasteiger charge is -2.22. The highest BCUT2D eigenvalue weighted by atomic mass is 28.3. The van der Waals surface area contributed by atoms with Crippen LogP contribution < -0.4 is 0 Å². The van der Waals surface area contributed by atoms with Gasteiger partial charge in [-0.2, -0.15) is 0 Å². The number of hydrogen-bond donors (Lipinski definition) is 0. The average molecular weight is 266 g/mol. The van der Waals surface area contributed by atoms with Crippen molar-refractivity contribution >= 4 is 25.6 Å². The first kappa shape index (κ1) is 12.7. The molecule has 0 saturated carbocycles. The lowest BCUT2D eigenvalue weighted by Crippen LogP contribution is -2.21. The first-order valence-electron chi connectivity index (χ1n) is 7.46. The molecule has 1 unspecified atom stereocenters. The molecule has 0 bridgehead atoms. The summed E-state index contributed by atoms with van der Waals surface area (Å²) in [5.74, 6) is 0. The third-order valence-electron chi connectivity index (χ3n) is 4.72. The molecule has 1 atom stereocenters. The smallest absolute Gasteiger partial charge is 0.0495 e. The van der Waals surface area contributed by atoms with Gasteiger partial charge in [0.15, 0.2) is 0 Å². The molecule has 1 aliphatic rings. The molecular weight excluding hydrogens is 244 g/mol. The Morgan fingerprint density at radius 2 is 1.74 bits per heavy atom. The van der Waals surface area contributed by atoms with Crippen molar-refractivity contribution in [1.29, 1.82) is 0 Å². The number of rotatable bonds is 3. The largest absolute Gasteiger partial charge is 0.0682 e. The second-order valence-corrected chi connectivity index (χ2v) is 9.55. The van der Waals surface area contributed by atoms with Crippen molar-refractivity contribution in [2.45, 2.75) is 38.4 Å². The minimum Gasteiger partial charge on any atom is -0.0682 e. The Morgan fingerprint density at radius 1 is 1.00 bits per heavy atom. The third kappa shape index (κ3) is 1.97. The molecule has 2 aromatic carbocycles. The molecule has 0 N–H and O–H groups in total. The Balaban J connectivity index is 2.19. The van der Waals surface area contributed by atoms with Gasteiger partial charge in [-0.3, -0.25) is 0 Å². The van der Waals surface area contributed by atoms with Crippen LogP contribution in [-0.4, -0.2) is 8.80 Å². The van der Waals surface area contributed by atoms with E-state index in [-0.39, 0.29) is 0 Å². The van der Waals surface area contributed by atoms with Crippen LogP contribution >= 0.6 is 0 Å². The van der Waals surface area contributed by atoms with E-state index in [1.807, 2.05) is 0 Å². The Kier molecular flexibility index (Phi) is 3.32. The highest BCUT2D eigenvalue weighted by Gasteiger charge is 2.29. The second kappa shape index (κ2) is 4.97. The van der Waals surface area contributed by atoms with E-state index in [4.69, 9.17) is 0 Å². The minimum atomic E-state index is -0.688. The van der Waals surface area contributed by atoms with Crippen molar-refractivity contribution in [2.75, 3.05) is 0 Å². The molecule has 3 rings (SSSR count). The van der Waals surface area contributed by atoms with E-state index in [1.54, 1.807) is 11.1 Å². The normalized spacial score (nSPS) is 17.9. The SMILES string of the molecule is CC[SiH](CC)C1C(C)=Cc2c1ccc1ccccc21. The molecule has 98 valence electrons. The molecule has 0 heterocycles. The highest BCUT2D eigenvalue weighted by Crippen LogP contribution is 2.42. The summed E-state index contributed by atoms with van der Waals surface area (Å²) in [5, 5.41) is 2.80. The van der Waals surface area contributed by atoms with Gasteiger partial charge in [0, 0.05) is 8.80 Å². The summed E-state index contributed by atoms with van der Waals surface area (Å²) < 4.78 is 0. The van der Waals surface area contributed by atoms with Crippen molar-refractivity contribution in [3.05, 3.63) is 53.1 Å². The summed E-state index contributed by atoms with van der Waals surface area (Å²) in [6.07, 6.45) is 2.45. The fourth-order valence-electron chi connectivity index (χ4n) is 3.69. The molecule has 19 heavy (non-hydrogen) atoms. The summed E-state index contributed by atoms with van der Waals surface area (Å²) in [7, 11) is -0.688. The molecule has 2 aromatic rings. The molecule has 0 fully saturated rings. The maximum Gasteiger partial charge on any atom is 0.0495 e. The van der Waals surface area contributed by atoms with Crippen LogP contribution in [0.5, 0.6) is 0 Å². The van der Waals surface area contributed by atoms with E-state index in [2.05, 4.69) is 63.2 Å². The molecule has 0 saturated heterocycles. The first-order valence-corrected chi connectivity index (χ1v) is 9.76. The quantitative estimate of drug-likeness (QED) is 0.674. The molecule has 0 aromatic heterocycles. The van der Waals surface area contributed by atoms with Gasteiger partial charge in [-0.1, -0.05) is 74.0 Å². The van der Waals surface area contributed by atoms with Gasteiger partial charge in [-0.15, -0.1) is 0 Å². The summed E-state index contributed by atoms with van der Waals surface area (Å²) >= 11 is 0. The standard InChI is InChI=1S/C18H22Si/c1-4-19(5-2)18-13(3)12-17-15-9-7-6-8-14(15)10-11-16(17)18/h6-12,18-19H,4-5H2,1-3H3. The van der Waals surface area contributed by atoms with Crippen molar-refractivity contribution in [3.8, 4) is 0 Å². The van der Waals surface area contributed by atoms with Gasteiger partial charge in [0.05, 0.1) is 0 Å². The van der Waals surface area contributed by atoms with E-state index in [9.17, 15) is 0 Å². The number of benzene rings is 2. The molecule has 1 aliphatic carbocycles. The van der Waals surface area contributed by atoms with E-state index < -0.39 is 8.80 Å². The van der Waals surface area contributed by atoms with Crippen molar-refractivity contribution in [2.24, 2.45) is 0 Å². The zero-order valence-electron chi connectivity index (χ0n) is 12.1. The van der Waals surface area contributed by atoms with Gasteiger partial charge in [-0.05, 0) is 34.4 Å². The molecule has 0 amide bonds. The van der Waals surface area contributed by atoms with Gasteiger partial charge in [0.1, 0.15) is 0 Å². The molecule has 0 spiro atoms. The number of hydrogen-bond acceptors (Lipinski definition) is 0. The van der Waals surface area contributed by atoms with Crippen molar-refractivity contribution < 1.29 is 0 Å². The first-order chi connectivity index (χ1) is 9.26. The second-order valence-electron chi connectivity index (χ2n) is 5.73. The maximum atomic E-state index is 2.45. The number of fused-ring (bicyclic) bond motifs is 3. The van der Waals surface area contributed by atoms with Gasteiger partial charge in [0.25, 0.3) is 0 Å². The molecule has 0 nitrogen and oxygen atoms in total. The Labute approximate surface area is 117 Å².